The van der Waals surface area contributed by atoms with E-state index in [4.69, 9.17) is 0 Å². The Labute approximate surface area is 129 Å². The zero-order chi connectivity index (χ0) is 14.9. The predicted octanol–water partition coefficient (Wildman–Crippen LogP) is 1.33. The van der Waals surface area contributed by atoms with Crippen LogP contribution in [0.4, 0.5) is 0 Å². The van der Waals surface area contributed by atoms with Crippen LogP contribution in [0, 0.1) is 6.92 Å². The van der Waals surface area contributed by atoms with Gasteiger partial charge in [0.05, 0.1) is 11.3 Å². The first kappa shape index (κ1) is 17.2. The molecule has 114 valence electrons. The molecule has 0 atom stereocenters. The summed E-state index contributed by atoms with van der Waals surface area (Å²) in [5, 5.41) is 0. The second kappa shape index (κ2) is 6.74. The van der Waals surface area contributed by atoms with Crippen molar-refractivity contribution < 1.29 is 0 Å². The number of benzene rings is 1. The molecule has 1 heterocycles. The molecule has 1 aromatic carbocycles. The lowest BCUT2D eigenvalue weighted by molar-refractivity contribution is 0.395. The number of halogens is 1. The van der Waals surface area contributed by atoms with Crippen molar-refractivity contribution in [3.63, 3.8) is 0 Å². The molecular weight excluding hydrogens is 290 g/mol. The largest absolute Gasteiger partial charge is 0.335 e. The van der Waals surface area contributed by atoms with Gasteiger partial charge in [-0.1, -0.05) is 18.2 Å². The number of aromatic nitrogens is 2. The molecule has 0 aliphatic carbocycles. The smallest absolute Gasteiger partial charge is 0.305 e. The molecule has 1 aromatic heterocycles. The van der Waals surface area contributed by atoms with Crippen LogP contribution in [-0.4, -0.2) is 28.1 Å². The molecule has 0 radical (unpaired) electrons. The maximum absolute atomic E-state index is 12.6. The van der Waals surface area contributed by atoms with Gasteiger partial charge in [-0.05, 0) is 33.2 Å². The second-order valence-electron chi connectivity index (χ2n) is 5.12. The normalized spacial score (nSPS) is 10.5. The SMILES string of the molecule is Cc1c(CN(C)C)c(=O)n(-c2ccccc2)c(=O)n1C.Cl. The number of hydrogen-bond donors (Lipinski definition) is 0. The van der Waals surface area contributed by atoms with Gasteiger partial charge in [0.1, 0.15) is 0 Å². The molecule has 0 saturated carbocycles. The molecule has 6 heteroatoms. The molecule has 0 fully saturated rings. The van der Waals surface area contributed by atoms with Crippen LogP contribution < -0.4 is 11.2 Å². The van der Waals surface area contributed by atoms with Crippen LogP contribution in [-0.2, 0) is 13.6 Å². The fourth-order valence-corrected chi connectivity index (χ4v) is 2.18. The Bertz CT molecular complexity index is 733. The van der Waals surface area contributed by atoms with E-state index >= 15 is 0 Å². The molecule has 2 rings (SSSR count). The Morgan fingerprint density at radius 2 is 1.67 bits per heavy atom. The molecule has 0 N–H and O–H groups in total. The third kappa shape index (κ3) is 3.25. The molecule has 0 amide bonds. The van der Waals surface area contributed by atoms with Gasteiger partial charge in [-0.2, -0.15) is 0 Å². The van der Waals surface area contributed by atoms with Gasteiger partial charge >= 0.3 is 5.69 Å². The van der Waals surface area contributed by atoms with Gasteiger partial charge in [0.15, 0.2) is 0 Å². The van der Waals surface area contributed by atoms with Crippen LogP contribution in [0.15, 0.2) is 39.9 Å². The molecule has 2 aromatic rings. The van der Waals surface area contributed by atoms with Crippen LogP contribution >= 0.6 is 12.4 Å². The predicted molar refractivity (Wildman–Crippen MR) is 86.7 cm³/mol. The van der Waals surface area contributed by atoms with E-state index in [1.165, 1.54) is 9.13 Å². The van der Waals surface area contributed by atoms with E-state index < -0.39 is 0 Å². The van der Waals surface area contributed by atoms with Gasteiger partial charge in [-0.3, -0.25) is 4.79 Å². The summed E-state index contributed by atoms with van der Waals surface area (Å²) in [6.07, 6.45) is 0. The molecule has 0 aliphatic heterocycles. The van der Waals surface area contributed by atoms with Crippen molar-refractivity contribution in [2.24, 2.45) is 7.05 Å². The second-order valence-corrected chi connectivity index (χ2v) is 5.12. The summed E-state index contributed by atoms with van der Waals surface area (Å²) in [7, 11) is 5.49. The quantitative estimate of drug-likeness (QED) is 0.859. The number of nitrogens with zero attached hydrogens (tertiary/aromatic N) is 3. The topological polar surface area (TPSA) is 47.2 Å². The lowest BCUT2D eigenvalue weighted by Gasteiger charge is -2.16. The molecule has 21 heavy (non-hydrogen) atoms. The monoisotopic (exact) mass is 309 g/mol. The Balaban J connectivity index is 0.00000220. The van der Waals surface area contributed by atoms with Gasteiger partial charge in [-0.25, -0.2) is 9.36 Å². The summed E-state index contributed by atoms with van der Waals surface area (Å²) < 4.78 is 2.75. The first-order chi connectivity index (χ1) is 9.43. The highest BCUT2D eigenvalue weighted by Crippen LogP contribution is 2.06. The zero-order valence-corrected chi connectivity index (χ0v) is 13.5. The van der Waals surface area contributed by atoms with Crippen molar-refractivity contribution in [1.29, 1.82) is 0 Å². The van der Waals surface area contributed by atoms with Gasteiger partial charge in [-0.15, -0.1) is 12.4 Å². The summed E-state index contributed by atoms with van der Waals surface area (Å²) >= 11 is 0. The highest BCUT2D eigenvalue weighted by atomic mass is 35.5. The Hall–Kier alpha value is -1.85. The fraction of sp³-hybridized carbons (Fsp3) is 0.333. The molecule has 0 unspecified atom stereocenters. The van der Waals surface area contributed by atoms with Crippen LogP contribution in [0.1, 0.15) is 11.3 Å². The van der Waals surface area contributed by atoms with E-state index in [0.717, 1.165) is 0 Å². The summed E-state index contributed by atoms with van der Waals surface area (Å²) in [6.45, 7) is 2.31. The molecule has 0 saturated heterocycles. The lowest BCUT2D eigenvalue weighted by atomic mass is 10.2. The lowest BCUT2D eigenvalue weighted by Crippen LogP contribution is -2.42. The van der Waals surface area contributed by atoms with Crippen molar-refractivity contribution in [3.8, 4) is 5.69 Å². The highest BCUT2D eigenvalue weighted by molar-refractivity contribution is 5.85. The van der Waals surface area contributed by atoms with E-state index in [1.54, 1.807) is 26.1 Å². The van der Waals surface area contributed by atoms with E-state index in [0.29, 0.717) is 23.5 Å². The van der Waals surface area contributed by atoms with Gasteiger partial charge in [0.2, 0.25) is 0 Å². The standard InChI is InChI=1S/C15H19N3O2.ClH/c1-11-13(10-16(2)3)14(19)18(15(20)17(11)4)12-8-6-5-7-9-12;/h5-9H,10H2,1-4H3;1H. The van der Waals surface area contributed by atoms with Crippen molar-refractivity contribution in [1.82, 2.24) is 14.0 Å². The third-order valence-electron chi connectivity index (χ3n) is 3.37. The van der Waals surface area contributed by atoms with Crippen LogP contribution in [0.2, 0.25) is 0 Å². The van der Waals surface area contributed by atoms with Crippen molar-refractivity contribution in [3.05, 3.63) is 62.4 Å². The molecule has 0 aliphatic rings. The minimum absolute atomic E-state index is 0. The van der Waals surface area contributed by atoms with E-state index in [1.807, 2.05) is 37.2 Å². The van der Waals surface area contributed by atoms with E-state index in [-0.39, 0.29) is 23.7 Å². The van der Waals surface area contributed by atoms with Crippen molar-refractivity contribution in [2.45, 2.75) is 13.5 Å². The first-order valence-electron chi connectivity index (χ1n) is 6.45. The maximum atomic E-state index is 12.6. The van der Waals surface area contributed by atoms with Crippen LogP contribution in [0.25, 0.3) is 5.69 Å². The molecule has 5 nitrogen and oxygen atoms in total. The number of rotatable bonds is 3. The Kier molecular flexibility index (Phi) is 5.52. The van der Waals surface area contributed by atoms with E-state index in [9.17, 15) is 9.59 Å². The van der Waals surface area contributed by atoms with Gasteiger partial charge in [0.25, 0.3) is 5.56 Å². The molecular formula is C15H20ClN3O2. The van der Waals surface area contributed by atoms with E-state index in [2.05, 4.69) is 0 Å². The fourth-order valence-electron chi connectivity index (χ4n) is 2.18. The Morgan fingerprint density at radius 1 is 1.10 bits per heavy atom. The van der Waals surface area contributed by atoms with Crippen LogP contribution in [0.3, 0.4) is 0 Å². The Morgan fingerprint density at radius 3 is 2.19 bits per heavy atom. The van der Waals surface area contributed by atoms with Crippen molar-refractivity contribution in [2.75, 3.05) is 14.1 Å². The summed E-state index contributed by atoms with van der Waals surface area (Å²) in [5.74, 6) is 0. The summed E-state index contributed by atoms with van der Waals surface area (Å²) in [5.41, 5.74) is 1.38. The first-order valence-corrected chi connectivity index (χ1v) is 6.45. The average molecular weight is 310 g/mol. The molecule has 0 bridgehead atoms. The highest BCUT2D eigenvalue weighted by Gasteiger charge is 2.15. The minimum Gasteiger partial charge on any atom is -0.305 e. The van der Waals surface area contributed by atoms with Crippen LogP contribution in [0.5, 0.6) is 0 Å². The summed E-state index contributed by atoms with van der Waals surface area (Å²) in [4.78, 5) is 26.9. The number of para-hydroxylation sites is 1. The minimum atomic E-state index is -0.318. The zero-order valence-electron chi connectivity index (χ0n) is 12.7. The maximum Gasteiger partial charge on any atom is 0.335 e. The average Bonchev–Trinajstić information content (AvgIpc) is 2.42. The molecule has 0 spiro atoms. The summed E-state index contributed by atoms with van der Waals surface area (Å²) in [6, 6.07) is 9.00. The van der Waals surface area contributed by atoms with Gasteiger partial charge in [0, 0.05) is 19.3 Å². The van der Waals surface area contributed by atoms with Gasteiger partial charge < -0.3 is 9.47 Å². The number of hydrogen-bond acceptors (Lipinski definition) is 3. The van der Waals surface area contributed by atoms with Crippen molar-refractivity contribution >= 4 is 12.4 Å². The third-order valence-corrected chi connectivity index (χ3v) is 3.37.